The van der Waals surface area contributed by atoms with E-state index in [0.717, 1.165) is 12.1 Å². The number of carbonyl (C=O) groups excluding carboxylic acids is 3. The molecule has 5 rings (SSSR count). The molecule has 1 aliphatic carbocycles. The van der Waals surface area contributed by atoms with Gasteiger partial charge >= 0.3 is 0 Å². The zero-order chi connectivity index (χ0) is 26.2. The number of H-pyrrole nitrogens is 1. The second-order valence-corrected chi connectivity index (χ2v) is 10.2. The first kappa shape index (κ1) is 25.6. The van der Waals surface area contributed by atoms with Crippen molar-refractivity contribution in [2.75, 3.05) is 37.7 Å². The molecule has 37 heavy (non-hydrogen) atoms. The Balaban J connectivity index is 1.23. The van der Waals surface area contributed by atoms with Gasteiger partial charge in [-0.05, 0) is 44.6 Å². The van der Waals surface area contributed by atoms with Gasteiger partial charge in [0.1, 0.15) is 5.69 Å². The van der Waals surface area contributed by atoms with Gasteiger partial charge in [0, 0.05) is 37.2 Å². The SMILES string of the molecule is O=C(NC1CCC2(CCCN(c3cc(F)c(F)cc3Cl)C2=O)CC1)c1nc[nH]c1C(=O)N1CCOCC1. The molecule has 0 atom stereocenters. The predicted molar refractivity (Wildman–Crippen MR) is 130 cm³/mol. The van der Waals surface area contributed by atoms with Crippen LogP contribution >= 0.6 is 11.6 Å². The summed E-state index contributed by atoms with van der Waals surface area (Å²) in [5.41, 5.74) is -0.272. The number of rotatable bonds is 4. The number of piperidine rings is 1. The molecule has 0 radical (unpaired) electrons. The quantitative estimate of drug-likeness (QED) is 0.584. The van der Waals surface area contributed by atoms with Crippen molar-refractivity contribution < 1.29 is 27.9 Å². The highest BCUT2D eigenvalue weighted by molar-refractivity contribution is 6.33. The van der Waals surface area contributed by atoms with Crippen molar-refractivity contribution in [3.63, 3.8) is 0 Å². The third-order valence-corrected chi connectivity index (χ3v) is 7.96. The molecule has 2 aromatic rings. The average molecular weight is 536 g/mol. The number of anilines is 1. The van der Waals surface area contributed by atoms with Gasteiger partial charge in [-0.1, -0.05) is 11.6 Å². The molecule has 1 aromatic carbocycles. The van der Waals surface area contributed by atoms with Crippen LogP contribution in [0.25, 0.3) is 0 Å². The fourth-order valence-corrected chi connectivity index (χ4v) is 5.86. The molecule has 1 spiro atoms. The minimum absolute atomic E-state index is 0.00770. The molecule has 198 valence electrons. The molecule has 1 saturated carbocycles. The molecule has 12 heteroatoms. The topological polar surface area (TPSA) is 108 Å². The van der Waals surface area contributed by atoms with Crippen molar-refractivity contribution in [2.24, 2.45) is 5.41 Å². The summed E-state index contributed by atoms with van der Waals surface area (Å²) in [5, 5.41) is 2.96. The molecule has 3 amide bonds. The van der Waals surface area contributed by atoms with Gasteiger partial charge in [-0.3, -0.25) is 14.4 Å². The number of hydrogen-bond acceptors (Lipinski definition) is 5. The van der Waals surface area contributed by atoms with Crippen LogP contribution in [0.3, 0.4) is 0 Å². The van der Waals surface area contributed by atoms with Gasteiger partial charge in [-0.25, -0.2) is 13.8 Å². The predicted octanol–water partition coefficient (Wildman–Crippen LogP) is 3.30. The van der Waals surface area contributed by atoms with Crippen LogP contribution in [0, 0.1) is 17.0 Å². The molecule has 9 nitrogen and oxygen atoms in total. The molecule has 3 fully saturated rings. The Hall–Kier alpha value is -3.05. The van der Waals surface area contributed by atoms with E-state index >= 15 is 0 Å². The number of amides is 3. The molecule has 0 bridgehead atoms. The first-order valence-corrected chi connectivity index (χ1v) is 12.8. The third kappa shape index (κ3) is 4.94. The molecule has 2 saturated heterocycles. The lowest BCUT2D eigenvalue weighted by Gasteiger charge is -2.45. The van der Waals surface area contributed by atoms with Crippen LogP contribution in [0.5, 0.6) is 0 Å². The van der Waals surface area contributed by atoms with Crippen LogP contribution in [-0.4, -0.2) is 71.5 Å². The Kier molecular flexibility index (Phi) is 7.17. The summed E-state index contributed by atoms with van der Waals surface area (Å²) >= 11 is 6.15. The first-order valence-electron chi connectivity index (χ1n) is 12.5. The molecule has 3 aliphatic rings. The fraction of sp³-hybridized carbons (Fsp3) is 0.520. The zero-order valence-corrected chi connectivity index (χ0v) is 21.0. The lowest BCUT2D eigenvalue weighted by atomic mass is 9.67. The molecule has 2 aliphatic heterocycles. The number of benzene rings is 1. The van der Waals surface area contributed by atoms with Gasteiger partial charge in [-0.15, -0.1) is 0 Å². The van der Waals surface area contributed by atoms with Gasteiger partial charge in [-0.2, -0.15) is 0 Å². The summed E-state index contributed by atoms with van der Waals surface area (Å²) < 4.78 is 32.7. The maximum Gasteiger partial charge on any atom is 0.272 e. The Morgan fingerprint density at radius 1 is 1.11 bits per heavy atom. The Morgan fingerprint density at radius 2 is 1.81 bits per heavy atom. The maximum atomic E-state index is 13.9. The minimum Gasteiger partial charge on any atom is -0.378 e. The maximum absolute atomic E-state index is 13.9. The summed E-state index contributed by atoms with van der Waals surface area (Å²) in [6.07, 6.45) is 4.92. The van der Waals surface area contributed by atoms with Crippen molar-refractivity contribution in [3.8, 4) is 0 Å². The Morgan fingerprint density at radius 3 is 2.54 bits per heavy atom. The van der Waals surface area contributed by atoms with Gasteiger partial charge in [0.15, 0.2) is 17.3 Å². The second kappa shape index (κ2) is 10.4. The molecule has 0 unspecified atom stereocenters. The third-order valence-electron chi connectivity index (χ3n) is 7.66. The van der Waals surface area contributed by atoms with Gasteiger partial charge in [0.25, 0.3) is 11.8 Å². The van der Waals surface area contributed by atoms with E-state index < -0.39 is 23.0 Å². The smallest absolute Gasteiger partial charge is 0.272 e. The number of halogens is 3. The van der Waals surface area contributed by atoms with Crippen molar-refractivity contribution in [1.29, 1.82) is 0 Å². The summed E-state index contributed by atoms with van der Waals surface area (Å²) in [4.78, 5) is 49.3. The largest absolute Gasteiger partial charge is 0.378 e. The summed E-state index contributed by atoms with van der Waals surface area (Å²) in [7, 11) is 0. The number of carbonyl (C=O) groups is 3. The number of nitrogens with one attached hydrogen (secondary N) is 2. The fourth-order valence-electron chi connectivity index (χ4n) is 5.61. The van der Waals surface area contributed by atoms with Gasteiger partial charge < -0.3 is 24.8 Å². The van der Waals surface area contributed by atoms with Crippen molar-refractivity contribution in [2.45, 2.75) is 44.6 Å². The lowest BCUT2D eigenvalue weighted by molar-refractivity contribution is -0.132. The molecule has 3 heterocycles. The summed E-state index contributed by atoms with van der Waals surface area (Å²) in [6.45, 7) is 2.17. The second-order valence-electron chi connectivity index (χ2n) is 9.84. The highest BCUT2D eigenvalue weighted by Crippen LogP contribution is 2.46. The van der Waals surface area contributed by atoms with Crippen molar-refractivity contribution >= 4 is 35.0 Å². The number of hydrogen-bond donors (Lipinski definition) is 2. The monoisotopic (exact) mass is 535 g/mol. The first-order chi connectivity index (χ1) is 17.8. The van der Waals surface area contributed by atoms with Crippen molar-refractivity contribution in [3.05, 3.63) is 46.5 Å². The lowest BCUT2D eigenvalue weighted by Crippen LogP contribution is -2.52. The molecular weight excluding hydrogens is 508 g/mol. The highest BCUT2D eigenvalue weighted by Gasteiger charge is 2.47. The van der Waals surface area contributed by atoms with Crippen LogP contribution in [0.4, 0.5) is 14.5 Å². The minimum atomic E-state index is -1.06. The molecule has 2 N–H and O–H groups in total. The van der Waals surface area contributed by atoms with E-state index in [9.17, 15) is 23.2 Å². The van der Waals surface area contributed by atoms with Crippen molar-refractivity contribution in [1.82, 2.24) is 20.2 Å². The molecular formula is C25H28ClF2N5O4. The van der Waals surface area contributed by atoms with E-state index in [1.165, 1.54) is 11.2 Å². The summed E-state index contributed by atoms with van der Waals surface area (Å²) in [6, 6.07) is 1.68. The van der Waals surface area contributed by atoms with Gasteiger partial charge in [0.2, 0.25) is 5.91 Å². The van der Waals surface area contributed by atoms with E-state index in [0.29, 0.717) is 71.4 Å². The highest BCUT2D eigenvalue weighted by atomic mass is 35.5. The van der Waals surface area contributed by atoms with Crippen LogP contribution in [0.2, 0.25) is 5.02 Å². The zero-order valence-electron chi connectivity index (χ0n) is 20.2. The van der Waals surface area contributed by atoms with E-state index in [-0.39, 0.29) is 40.0 Å². The van der Waals surface area contributed by atoms with Crippen LogP contribution in [0.15, 0.2) is 18.5 Å². The van der Waals surface area contributed by atoms with Crippen LogP contribution in [-0.2, 0) is 9.53 Å². The van der Waals surface area contributed by atoms with Gasteiger partial charge in [0.05, 0.1) is 30.3 Å². The Bertz CT molecular complexity index is 1210. The number of nitrogens with zero attached hydrogens (tertiary/aromatic N) is 3. The Labute approximate surface area is 217 Å². The number of morpholine rings is 1. The van der Waals surface area contributed by atoms with E-state index in [2.05, 4.69) is 15.3 Å². The number of aromatic nitrogens is 2. The standard InChI is InChI=1S/C25H28ClF2N5O4/c26-16-12-17(27)18(28)13-19(16)33-7-1-4-25(24(33)36)5-2-15(3-6-25)31-22(34)20-21(30-14-29-20)23(35)32-8-10-37-11-9-32/h12-15H,1-11H2,(H,29,30)(H,31,34). The van der Waals surface area contributed by atoms with E-state index in [1.807, 2.05) is 0 Å². The number of ether oxygens (including phenoxy) is 1. The van der Waals surface area contributed by atoms with Crippen LogP contribution < -0.4 is 10.2 Å². The normalized spacial score (nSPS) is 24.4. The summed E-state index contributed by atoms with van der Waals surface area (Å²) in [5.74, 6) is -3.00. The number of aromatic amines is 1. The van der Waals surface area contributed by atoms with E-state index in [1.54, 1.807) is 4.90 Å². The molecule has 1 aromatic heterocycles. The average Bonchev–Trinajstić information content (AvgIpc) is 3.40. The van der Waals surface area contributed by atoms with E-state index in [4.69, 9.17) is 16.3 Å². The van der Waals surface area contributed by atoms with Crippen LogP contribution in [0.1, 0.15) is 59.5 Å². The number of imidazole rings is 1.